The number of benzene rings is 2. The molecule has 0 saturated heterocycles. The number of carboxylic acids is 1. The van der Waals surface area contributed by atoms with Gasteiger partial charge in [0.1, 0.15) is 17.2 Å². The van der Waals surface area contributed by atoms with Gasteiger partial charge in [-0.15, -0.1) is 0 Å². The van der Waals surface area contributed by atoms with Crippen LogP contribution in [0.25, 0.3) is 6.08 Å². The molecular weight excluding hydrogens is 470 g/mol. The first kappa shape index (κ1) is 21.3. The molecule has 0 aliphatic heterocycles. The van der Waals surface area contributed by atoms with Crippen molar-refractivity contribution in [2.75, 3.05) is 0 Å². The van der Waals surface area contributed by atoms with Crippen molar-refractivity contribution in [3.63, 3.8) is 0 Å². The van der Waals surface area contributed by atoms with Crippen molar-refractivity contribution < 1.29 is 19.4 Å². The molecule has 4 saturated carbocycles. The number of carboxylic acid groups (broad SMARTS) is 1. The van der Waals surface area contributed by atoms with E-state index in [1.165, 1.54) is 25.3 Å². The molecule has 6 rings (SSSR count). The van der Waals surface area contributed by atoms with E-state index < -0.39 is 5.97 Å². The Kier molecular flexibility index (Phi) is 5.58. The first-order valence-electron chi connectivity index (χ1n) is 11.2. The van der Waals surface area contributed by atoms with E-state index in [9.17, 15) is 14.7 Å². The fourth-order valence-electron chi connectivity index (χ4n) is 6.25. The molecule has 1 amide bonds. The Bertz CT molecular complexity index is 1040. The summed E-state index contributed by atoms with van der Waals surface area (Å²) in [5.74, 6) is 1.98. The lowest BCUT2D eigenvalue weighted by Crippen LogP contribution is -2.53. The van der Waals surface area contributed by atoms with Gasteiger partial charge in [-0.2, -0.15) is 0 Å². The highest BCUT2D eigenvalue weighted by atomic mass is 79.9. The van der Waals surface area contributed by atoms with Gasteiger partial charge in [-0.1, -0.05) is 24.3 Å². The largest absolute Gasteiger partial charge is 0.477 e. The van der Waals surface area contributed by atoms with Gasteiger partial charge in [0.2, 0.25) is 5.91 Å². The van der Waals surface area contributed by atoms with Crippen molar-refractivity contribution in [1.29, 1.82) is 0 Å². The Balaban J connectivity index is 1.31. The Morgan fingerprint density at radius 1 is 0.969 bits per heavy atom. The van der Waals surface area contributed by atoms with Crippen molar-refractivity contribution in [1.82, 2.24) is 5.32 Å². The Hall–Kier alpha value is -2.60. The second-order valence-electron chi connectivity index (χ2n) is 9.62. The molecule has 4 aliphatic carbocycles. The molecule has 2 N–H and O–H groups in total. The molecular formula is C26H26BrNO4. The van der Waals surface area contributed by atoms with Crippen LogP contribution in [0.4, 0.5) is 0 Å². The zero-order valence-corrected chi connectivity index (χ0v) is 19.3. The third kappa shape index (κ3) is 4.20. The molecule has 166 valence electrons. The summed E-state index contributed by atoms with van der Waals surface area (Å²) in [7, 11) is 0. The SMILES string of the molecule is O=C(O)C(=Cc1ccc(Oc2ccccc2Br)cc1)NC(=O)C12CC3CC(CC(C3)C1)C2. The fraction of sp³-hybridized carbons (Fsp3) is 0.385. The van der Waals surface area contributed by atoms with Crippen LogP contribution in [-0.2, 0) is 9.59 Å². The lowest BCUT2D eigenvalue weighted by molar-refractivity contribution is -0.147. The van der Waals surface area contributed by atoms with Gasteiger partial charge in [0, 0.05) is 0 Å². The fourth-order valence-corrected chi connectivity index (χ4v) is 6.61. The topological polar surface area (TPSA) is 75.6 Å². The van der Waals surface area contributed by atoms with Crippen molar-refractivity contribution in [2.45, 2.75) is 38.5 Å². The van der Waals surface area contributed by atoms with Crippen LogP contribution in [-0.4, -0.2) is 17.0 Å². The highest BCUT2D eigenvalue weighted by molar-refractivity contribution is 9.10. The average Bonchev–Trinajstić information content (AvgIpc) is 2.75. The summed E-state index contributed by atoms with van der Waals surface area (Å²) in [5.41, 5.74) is 0.224. The first-order chi connectivity index (χ1) is 15.4. The maximum atomic E-state index is 13.3. The van der Waals surface area contributed by atoms with E-state index in [1.807, 2.05) is 24.3 Å². The predicted octanol–water partition coefficient (Wildman–Crippen LogP) is 6.00. The van der Waals surface area contributed by atoms with Crippen LogP contribution in [0.2, 0.25) is 0 Å². The Morgan fingerprint density at radius 3 is 2.12 bits per heavy atom. The summed E-state index contributed by atoms with van der Waals surface area (Å²) in [5, 5.41) is 12.5. The number of hydrogen-bond acceptors (Lipinski definition) is 3. The van der Waals surface area contributed by atoms with Crippen LogP contribution in [0.5, 0.6) is 11.5 Å². The summed E-state index contributed by atoms with van der Waals surface area (Å²) in [6.45, 7) is 0. The van der Waals surface area contributed by atoms with Gasteiger partial charge in [0.25, 0.3) is 0 Å². The van der Waals surface area contributed by atoms with Gasteiger partial charge in [0.15, 0.2) is 0 Å². The quantitative estimate of drug-likeness (QED) is 0.481. The molecule has 2 aromatic rings. The summed E-state index contributed by atoms with van der Waals surface area (Å²) in [6, 6.07) is 14.7. The zero-order chi connectivity index (χ0) is 22.3. The molecule has 32 heavy (non-hydrogen) atoms. The number of aliphatic carboxylic acids is 1. The van der Waals surface area contributed by atoms with Crippen LogP contribution in [0.1, 0.15) is 44.1 Å². The summed E-state index contributed by atoms with van der Waals surface area (Å²) in [4.78, 5) is 25.2. The van der Waals surface area contributed by atoms with Gasteiger partial charge in [0.05, 0.1) is 9.89 Å². The van der Waals surface area contributed by atoms with Crippen molar-refractivity contribution in [3.8, 4) is 11.5 Å². The van der Waals surface area contributed by atoms with Crippen LogP contribution >= 0.6 is 15.9 Å². The van der Waals surface area contributed by atoms with Gasteiger partial charge in [-0.05, 0) is 108 Å². The Morgan fingerprint density at radius 2 is 1.56 bits per heavy atom. The van der Waals surface area contributed by atoms with E-state index in [0.29, 0.717) is 34.8 Å². The molecule has 0 aromatic heterocycles. The number of halogens is 1. The smallest absolute Gasteiger partial charge is 0.352 e. The monoisotopic (exact) mass is 495 g/mol. The van der Waals surface area contributed by atoms with Gasteiger partial charge < -0.3 is 15.2 Å². The van der Waals surface area contributed by atoms with E-state index >= 15 is 0 Å². The number of hydrogen-bond donors (Lipinski definition) is 2. The summed E-state index contributed by atoms with van der Waals surface area (Å²) >= 11 is 3.46. The number of carbonyl (C=O) groups is 2. The number of carbonyl (C=O) groups excluding carboxylic acids is 1. The minimum atomic E-state index is -1.13. The van der Waals surface area contributed by atoms with E-state index in [1.54, 1.807) is 24.3 Å². The molecule has 4 bridgehead atoms. The molecule has 4 aliphatic rings. The third-order valence-electron chi connectivity index (χ3n) is 7.25. The highest BCUT2D eigenvalue weighted by Gasteiger charge is 2.54. The number of ether oxygens (including phenoxy) is 1. The molecule has 2 aromatic carbocycles. The Labute approximate surface area is 196 Å². The molecule has 0 spiro atoms. The normalized spacial score (nSPS) is 28.4. The predicted molar refractivity (Wildman–Crippen MR) is 125 cm³/mol. The molecule has 0 unspecified atom stereocenters. The minimum absolute atomic E-state index is 0.0785. The lowest BCUT2D eigenvalue weighted by atomic mass is 9.49. The summed E-state index contributed by atoms with van der Waals surface area (Å²) in [6.07, 6.45) is 7.94. The van der Waals surface area contributed by atoms with Crippen LogP contribution < -0.4 is 10.1 Å². The summed E-state index contributed by atoms with van der Waals surface area (Å²) < 4.78 is 6.72. The van der Waals surface area contributed by atoms with Crippen LogP contribution in [0.3, 0.4) is 0 Å². The molecule has 0 heterocycles. The van der Waals surface area contributed by atoms with Crippen molar-refractivity contribution >= 4 is 33.9 Å². The third-order valence-corrected chi connectivity index (χ3v) is 7.91. The molecule has 0 atom stereocenters. The van der Waals surface area contributed by atoms with Gasteiger partial charge >= 0.3 is 5.97 Å². The maximum absolute atomic E-state index is 13.3. The highest BCUT2D eigenvalue weighted by Crippen LogP contribution is 2.60. The van der Waals surface area contributed by atoms with E-state index in [4.69, 9.17) is 4.74 Å². The number of amides is 1. The van der Waals surface area contributed by atoms with E-state index in [0.717, 1.165) is 23.7 Å². The van der Waals surface area contributed by atoms with E-state index in [-0.39, 0.29) is 17.0 Å². The van der Waals surface area contributed by atoms with Crippen molar-refractivity contribution in [2.24, 2.45) is 23.2 Å². The average molecular weight is 496 g/mol. The van der Waals surface area contributed by atoms with Crippen molar-refractivity contribution in [3.05, 3.63) is 64.3 Å². The number of para-hydroxylation sites is 1. The van der Waals surface area contributed by atoms with Gasteiger partial charge in [-0.25, -0.2) is 4.79 Å². The standard InChI is InChI=1S/C26H26BrNO4/c27-21-3-1-2-4-23(21)32-20-7-5-16(6-8-20)12-22(24(29)30)28-25(31)26-13-17-9-18(14-26)11-19(10-17)15-26/h1-8,12,17-19H,9-11,13-15H2,(H,28,31)(H,29,30). The second kappa shape index (κ2) is 8.39. The molecule has 0 radical (unpaired) electrons. The zero-order valence-electron chi connectivity index (χ0n) is 17.7. The van der Waals surface area contributed by atoms with Gasteiger partial charge in [-0.3, -0.25) is 4.79 Å². The molecule has 6 heteroatoms. The van der Waals surface area contributed by atoms with Crippen LogP contribution in [0, 0.1) is 23.2 Å². The lowest BCUT2D eigenvalue weighted by Gasteiger charge is -2.55. The first-order valence-corrected chi connectivity index (χ1v) is 12.0. The van der Waals surface area contributed by atoms with E-state index in [2.05, 4.69) is 21.2 Å². The second-order valence-corrected chi connectivity index (χ2v) is 10.5. The van der Waals surface area contributed by atoms with Crippen LogP contribution in [0.15, 0.2) is 58.7 Å². The molecule has 5 nitrogen and oxygen atoms in total. The maximum Gasteiger partial charge on any atom is 0.352 e. The number of nitrogens with one attached hydrogen (secondary N) is 1. The number of rotatable bonds is 6. The minimum Gasteiger partial charge on any atom is -0.477 e. The molecule has 4 fully saturated rings.